The van der Waals surface area contributed by atoms with Crippen molar-refractivity contribution in [2.24, 2.45) is 5.73 Å². The van der Waals surface area contributed by atoms with Gasteiger partial charge in [-0.1, -0.05) is 19.3 Å². The quantitative estimate of drug-likeness (QED) is 0.774. The number of aryl methyl sites for hydroxylation is 1. The average Bonchev–Trinajstić information content (AvgIpc) is 3.18. The van der Waals surface area contributed by atoms with Crippen LogP contribution in [0.1, 0.15) is 50.8 Å². The molecule has 0 spiro atoms. The van der Waals surface area contributed by atoms with Crippen LogP contribution in [0.5, 0.6) is 0 Å². The minimum atomic E-state index is -0.894. The zero-order valence-electron chi connectivity index (χ0n) is 15.6. The number of carbonyl (C=O) groups excluding carboxylic acids is 1. The number of nitrogens with two attached hydrogens (primary N) is 1. The highest BCUT2D eigenvalue weighted by Crippen LogP contribution is 2.30. The number of nitrogens with zero attached hydrogens (tertiary/aromatic N) is 3. The van der Waals surface area contributed by atoms with E-state index in [9.17, 15) is 9.18 Å². The Morgan fingerprint density at radius 3 is 2.61 bits per heavy atom. The van der Waals surface area contributed by atoms with E-state index in [1.807, 2.05) is 0 Å². The van der Waals surface area contributed by atoms with Crippen LogP contribution >= 0.6 is 24.8 Å². The lowest BCUT2D eigenvalue weighted by atomic mass is 9.98. The fourth-order valence-corrected chi connectivity index (χ4v) is 3.94. The third kappa shape index (κ3) is 4.31. The Bertz CT molecular complexity index is 836. The fourth-order valence-electron chi connectivity index (χ4n) is 3.94. The first kappa shape index (κ1) is 22.6. The fraction of sp³-hybridized carbons (Fsp3) is 0.526. The molecule has 0 radical (unpaired) electrons. The maximum absolute atomic E-state index is 14.3. The van der Waals surface area contributed by atoms with Gasteiger partial charge >= 0.3 is 0 Å². The lowest BCUT2D eigenvalue weighted by Gasteiger charge is -2.22. The number of anilines is 1. The second-order valence-corrected chi connectivity index (χ2v) is 7.41. The Labute approximate surface area is 176 Å². The number of amides is 1. The van der Waals surface area contributed by atoms with Crippen molar-refractivity contribution >= 4 is 36.4 Å². The number of nitrogens with one attached hydrogen (secondary N) is 1. The van der Waals surface area contributed by atoms with Crippen LogP contribution in [-0.4, -0.2) is 26.2 Å². The van der Waals surface area contributed by atoms with E-state index in [0.717, 1.165) is 55.9 Å². The number of hydrogen-bond donors (Lipinski definition) is 2. The molecule has 154 valence electrons. The van der Waals surface area contributed by atoms with Crippen molar-refractivity contribution in [1.29, 1.82) is 0 Å². The summed E-state index contributed by atoms with van der Waals surface area (Å²) in [6.45, 7) is 0.864. The highest BCUT2D eigenvalue weighted by atomic mass is 35.5. The Morgan fingerprint density at radius 2 is 1.86 bits per heavy atom. The molecule has 6 nitrogen and oxygen atoms in total. The van der Waals surface area contributed by atoms with Gasteiger partial charge in [-0.3, -0.25) is 4.79 Å². The summed E-state index contributed by atoms with van der Waals surface area (Å²) >= 11 is 0. The van der Waals surface area contributed by atoms with Gasteiger partial charge in [0.25, 0.3) is 0 Å². The van der Waals surface area contributed by atoms with Gasteiger partial charge in [-0.2, -0.15) is 0 Å². The summed E-state index contributed by atoms with van der Waals surface area (Å²) in [5, 5.41) is 11.3. The molecule has 1 saturated carbocycles. The minimum absolute atomic E-state index is 0. The van der Waals surface area contributed by atoms with Crippen LogP contribution in [0.15, 0.2) is 18.2 Å². The topological polar surface area (TPSA) is 85.8 Å². The van der Waals surface area contributed by atoms with E-state index in [1.54, 1.807) is 12.1 Å². The summed E-state index contributed by atoms with van der Waals surface area (Å²) in [5.74, 6) is 0.908. The van der Waals surface area contributed by atoms with Crippen molar-refractivity contribution in [3.8, 4) is 11.4 Å². The van der Waals surface area contributed by atoms with E-state index < -0.39 is 11.4 Å². The van der Waals surface area contributed by atoms with Gasteiger partial charge in [0.05, 0.1) is 11.2 Å². The van der Waals surface area contributed by atoms with Crippen LogP contribution in [0.4, 0.5) is 10.1 Å². The molecule has 9 heteroatoms. The summed E-state index contributed by atoms with van der Waals surface area (Å²) < 4.78 is 16.4. The molecular formula is C19H26Cl2FN5O. The molecule has 28 heavy (non-hydrogen) atoms. The summed E-state index contributed by atoms with van der Waals surface area (Å²) in [4.78, 5) is 12.5. The Balaban J connectivity index is 0.00000140. The molecule has 1 fully saturated rings. The predicted octanol–water partition coefficient (Wildman–Crippen LogP) is 3.86. The molecule has 3 N–H and O–H groups in total. The lowest BCUT2D eigenvalue weighted by Crippen LogP contribution is -2.48. The van der Waals surface area contributed by atoms with Gasteiger partial charge in [0.15, 0.2) is 5.82 Å². The van der Waals surface area contributed by atoms with Crippen molar-refractivity contribution in [3.63, 3.8) is 0 Å². The molecule has 1 aliphatic heterocycles. The van der Waals surface area contributed by atoms with Crippen molar-refractivity contribution < 1.29 is 9.18 Å². The van der Waals surface area contributed by atoms with Gasteiger partial charge in [0.1, 0.15) is 11.6 Å². The number of halogens is 3. The standard InChI is InChI=1S/C19H24FN5O.2ClH/c20-14-8-7-13(17-24-23-16-6-2-1-5-11-25(16)17)12-15(14)22-18(26)19(21)9-3-4-10-19;;/h7-8,12H,1-6,9-11,21H2,(H,22,26);2*1H. The highest BCUT2D eigenvalue weighted by molar-refractivity contribution is 5.98. The second kappa shape index (κ2) is 9.20. The minimum Gasteiger partial charge on any atom is -0.322 e. The first-order valence-corrected chi connectivity index (χ1v) is 9.39. The number of rotatable bonds is 3. The molecule has 0 bridgehead atoms. The van der Waals surface area contributed by atoms with E-state index in [0.29, 0.717) is 12.8 Å². The second-order valence-electron chi connectivity index (χ2n) is 7.41. The van der Waals surface area contributed by atoms with Gasteiger partial charge in [-0.05, 0) is 43.9 Å². The Morgan fingerprint density at radius 1 is 1.11 bits per heavy atom. The number of benzene rings is 1. The molecule has 2 aromatic rings. The third-order valence-corrected chi connectivity index (χ3v) is 5.53. The first-order chi connectivity index (χ1) is 12.6. The largest absolute Gasteiger partial charge is 0.322 e. The van der Waals surface area contributed by atoms with Crippen LogP contribution in [0.2, 0.25) is 0 Å². The lowest BCUT2D eigenvalue weighted by molar-refractivity contribution is -0.121. The molecule has 1 aliphatic carbocycles. The van der Waals surface area contributed by atoms with Crippen LogP contribution in [-0.2, 0) is 17.8 Å². The van der Waals surface area contributed by atoms with Gasteiger partial charge in [-0.15, -0.1) is 35.0 Å². The van der Waals surface area contributed by atoms with Crippen molar-refractivity contribution in [1.82, 2.24) is 14.8 Å². The normalized spacial score (nSPS) is 17.6. The van der Waals surface area contributed by atoms with Gasteiger partial charge < -0.3 is 15.6 Å². The molecular weight excluding hydrogens is 404 g/mol. The maximum atomic E-state index is 14.3. The summed E-state index contributed by atoms with van der Waals surface area (Å²) in [6, 6.07) is 4.68. The zero-order valence-corrected chi connectivity index (χ0v) is 17.3. The van der Waals surface area contributed by atoms with Crippen LogP contribution in [0.25, 0.3) is 11.4 Å². The van der Waals surface area contributed by atoms with E-state index in [4.69, 9.17) is 5.73 Å². The van der Waals surface area contributed by atoms with Crippen LogP contribution in [0.3, 0.4) is 0 Å². The molecule has 2 aliphatic rings. The molecule has 1 aromatic heterocycles. The third-order valence-electron chi connectivity index (χ3n) is 5.53. The molecule has 4 rings (SSSR count). The summed E-state index contributed by atoms with van der Waals surface area (Å²) in [7, 11) is 0. The zero-order chi connectivity index (χ0) is 18.1. The number of aromatic nitrogens is 3. The van der Waals surface area contributed by atoms with Crippen LogP contribution in [0, 0.1) is 5.82 Å². The van der Waals surface area contributed by atoms with Gasteiger partial charge in [0.2, 0.25) is 5.91 Å². The monoisotopic (exact) mass is 429 g/mol. The summed E-state index contributed by atoms with van der Waals surface area (Å²) in [5.41, 5.74) is 6.18. The molecule has 1 amide bonds. The predicted molar refractivity (Wildman–Crippen MR) is 111 cm³/mol. The molecule has 0 saturated heterocycles. The van der Waals surface area contributed by atoms with E-state index in [1.165, 1.54) is 12.5 Å². The number of carbonyl (C=O) groups is 1. The van der Waals surface area contributed by atoms with Crippen molar-refractivity contribution in [2.75, 3.05) is 5.32 Å². The Kier molecular flexibility index (Phi) is 7.42. The van der Waals surface area contributed by atoms with Crippen molar-refractivity contribution in [2.45, 2.75) is 63.5 Å². The van der Waals surface area contributed by atoms with Crippen molar-refractivity contribution in [3.05, 3.63) is 29.8 Å². The molecule has 0 unspecified atom stereocenters. The van der Waals surface area contributed by atoms with Crippen LogP contribution < -0.4 is 11.1 Å². The number of fused-ring (bicyclic) bond motifs is 1. The highest BCUT2D eigenvalue weighted by Gasteiger charge is 2.37. The molecule has 2 heterocycles. The smallest absolute Gasteiger partial charge is 0.244 e. The average molecular weight is 430 g/mol. The molecule has 0 atom stereocenters. The first-order valence-electron chi connectivity index (χ1n) is 9.39. The van der Waals surface area contributed by atoms with E-state index in [-0.39, 0.29) is 36.4 Å². The van der Waals surface area contributed by atoms with E-state index in [2.05, 4.69) is 20.1 Å². The van der Waals surface area contributed by atoms with Gasteiger partial charge in [-0.25, -0.2) is 4.39 Å². The number of hydrogen-bond acceptors (Lipinski definition) is 4. The summed E-state index contributed by atoms with van der Waals surface area (Å²) in [6.07, 6.45) is 7.41. The Hall–Kier alpha value is -1.70. The molecule has 1 aromatic carbocycles. The van der Waals surface area contributed by atoms with Gasteiger partial charge in [0, 0.05) is 18.5 Å². The maximum Gasteiger partial charge on any atom is 0.244 e. The van der Waals surface area contributed by atoms with E-state index >= 15 is 0 Å². The SMILES string of the molecule is Cl.Cl.NC1(C(=O)Nc2cc(-c3nnc4n3CCCCC4)ccc2F)CCCC1.